The number of Topliss-reactive ketones (excluding diaryl/α,β-unsaturated/α-hetero) is 1. The van der Waals surface area contributed by atoms with Crippen LogP contribution in [0.3, 0.4) is 0 Å². The van der Waals surface area contributed by atoms with E-state index in [1.165, 1.54) is 5.69 Å². The lowest BCUT2D eigenvalue weighted by Gasteiger charge is -2.40. The number of hydrogen-bond acceptors (Lipinski definition) is 5. The smallest absolute Gasteiger partial charge is 0.250 e. The summed E-state index contributed by atoms with van der Waals surface area (Å²) < 4.78 is 0. The van der Waals surface area contributed by atoms with Crippen LogP contribution in [0.5, 0.6) is 0 Å². The standard InChI is InChI=1S/C26H27ClN4O2/c27-20-12-10-19(11-13-20)25(32)24(18-29-23-9-5-4-8-22(23)26(28)33)31-16-14-30(15-17-31)21-6-2-1-3-7-21/h1-13,24,29H,14-18H2,(H2,28,33). The van der Waals surface area contributed by atoms with Crippen molar-refractivity contribution in [3.05, 3.63) is 95.0 Å². The molecule has 1 aliphatic rings. The lowest BCUT2D eigenvalue weighted by Crippen LogP contribution is -2.55. The topological polar surface area (TPSA) is 78.7 Å². The number of anilines is 2. The summed E-state index contributed by atoms with van der Waals surface area (Å²) in [6.07, 6.45) is 0. The molecule has 170 valence electrons. The number of nitrogens with zero attached hydrogens (tertiary/aromatic N) is 2. The molecular weight excluding hydrogens is 436 g/mol. The van der Waals surface area contributed by atoms with E-state index in [1.807, 2.05) is 24.3 Å². The maximum absolute atomic E-state index is 13.5. The van der Waals surface area contributed by atoms with E-state index in [4.69, 9.17) is 17.3 Å². The number of amides is 1. The number of rotatable bonds is 8. The van der Waals surface area contributed by atoms with Crippen molar-refractivity contribution in [3.63, 3.8) is 0 Å². The number of benzene rings is 3. The van der Waals surface area contributed by atoms with Gasteiger partial charge in [0.2, 0.25) is 0 Å². The quantitative estimate of drug-likeness (QED) is 0.496. The molecule has 3 N–H and O–H groups in total. The number of carbonyl (C=O) groups excluding carboxylic acids is 2. The van der Waals surface area contributed by atoms with Gasteiger partial charge in [-0.05, 0) is 48.5 Å². The maximum Gasteiger partial charge on any atom is 0.250 e. The summed E-state index contributed by atoms with van der Waals surface area (Å²) >= 11 is 6.02. The van der Waals surface area contributed by atoms with Gasteiger partial charge in [0.25, 0.3) is 5.91 Å². The van der Waals surface area contributed by atoms with Crippen molar-refractivity contribution >= 4 is 34.7 Å². The lowest BCUT2D eigenvalue weighted by molar-refractivity contribution is 0.0822. The van der Waals surface area contributed by atoms with Crippen LogP contribution in [0.4, 0.5) is 11.4 Å². The van der Waals surface area contributed by atoms with Gasteiger partial charge in [0, 0.05) is 54.7 Å². The number of ketones is 1. The third-order valence-corrected chi connectivity index (χ3v) is 6.24. The van der Waals surface area contributed by atoms with Crippen LogP contribution in [0, 0.1) is 0 Å². The number of carbonyl (C=O) groups is 2. The highest BCUT2D eigenvalue weighted by molar-refractivity contribution is 6.30. The van der Waals surface area contributed by atoms with Crippen molar-refractivity contribution < 1.29 is 9.59 Å². The molecule has 0 aromatic heterocycles. The fraction of sp³-hybridized carbons (Fsp3) is 0.231. The Bertz CT molecular complexity index is 1100. The molecule has 0 saturated carbocycles. The van der Waals surface area contributed by atoms with Gasteiger partial charge in [-0.15, -0.1) is 0 Å². The summed E-state index contributed by atoms with van der Waals surface area (Å²) in [6, 6.07) is 24.0. The van der Waals surface area contributed by atoms with Gasteiger partial charge in [-0.2, -0.15) is 0 Å². The SMILES string of the molecule is NC(=O)c1ccccc1NCC(C(=O)c1ccc(Cl)cc1)N1CCN(c2ccccc2)CC1. The molecule has 1 fully saturated rings. The van der Waals surface area contributed by atoms with E-state index in [0.29, 0.717) is 28.4 Å². The first-order chi connectivity index (χ1) is 16.0. The molecule has 1 atom stereocenters. The predicted molar refractivity (Wildman–Crippen MR) is 133 cm³/mol. The van der Waals surface area contributed by atoms with Gasteiger partial charge >= 0.3 is 0 Å². The largest absolute Gasteiger partial charge is 0.382 e. The lowest BCUT2D eigenvalue weighted by atomic mass is 10.0. The highest BCUT2D eigenvalue weighted by Crippen LogP contribution is 2.21. The van der Waals surface area contributed by atoms with Crippen LogP contribution < -0.4 is 16.0 Å². The number of para-hydroxylation sites is 2. The Hall–Kier alpha value is -3.35. The Morgan fingerprint density at radius 2 is 1.52 bits per heavy atom. The van der Waals surface area contributed by atoms with Gasteiger partial charge in [0.15, 0.2) is 5.78 Å². The van der Waals surface area contributed by atoms with E-state index in [-0.39, 0.29) is 5.78 Å². The second kappa shape index (κ2) is 10.5. The first-order valence-corrected chi connectivity index (χ1v) is 11.4. The van der Waals surface area contributed by atoms with E-state index in [2.05, 4.69) is 27.2 Å². The molecule has 1 heterocycles. The van der Waals surface area contributed by atoms with Crippen molar-refractivity contribution in [2.45, 2.75) is 6.04 Å². The number of nitrogens with two attached hydrogens (primary N) is 1. The Morgan fingerprint density at radius 1 is 0.879 bits per heavy atom. The molecule has 0 spiro atoms. The van der Waals surface area contributed by atoms with Crippen LogP contribution in [0.25, 0.3) is 0 Å². The summed E-state index contributed by atoms with van der Waals surface area (Å²) in [6.45, 7) is 3.51. The summed E-state index contributed by atoms with van der Waals surface area (Å²) in [5, 5.41) is 3.88. The summed E-state index contributed by atoms with van der Waals surface area (Å²) in [7, 11) is 0. The highest BCUT2D eigenvalue weighted by Gasteiger charge is 2.30. The number of hydrogen-bond donors (Lipinski definition) is 2. The Kier molecular flexibility index (Phi) is 7.27. The van der Waals surface area contributed by atoms with Crippen molar-refractivity contribution in [1.82, 2.24) is 4.90 Å². The van der Waals surface area contributed by atoms with Gasteiger partial charge in [0.1, 0.15) is 0 Å². The summed E-state index contributed by atoms with van der Waals surface area (Å²) in [5.74, 6) is -0.487. The van der Waals surface area contributed by atoms with Gasteiger partial charge in [-0.25, -0.2) is 0 Å². The molecule has 7 heteroatoms. The number of piperazine rings is 1. The average molecular weight is 463 g/mol. The van der Waals surface area contributed by atoms with Crippen LogP contribution in [0.15, 0.2) is 78.9 Å². The molecule has 33 heavy (non-hydrogen) atoms. The normalized spacial score (nSPS) is 15.1. The molecule has 0 aliphatic carbocycles. The minimum Gasteiger partial charge on any atom is -0.382 e. The molecule has 3 aromatic rings. The van der Waals surface area contributed by atoms with Crippen LogP contribution in [0.2, 0.25) is 5.02 Å². The van der Waals surface area contributed by atoms with Crippen LogP contribution in [-0.4, -0.2) is 55.4 Å². The van der Waals surface area contributed by atoms with Crippen molar-refractivity contribution in [2.24, 2.45) is 5.73 Å². The maximum atomic E-state index is 13.5. The molecule has 1 amide bonds. The Labute approximate surface area is 198 Å². The molecule has 0 bridgehead atoms. The third-order valence-electron chi connectivity index (χ3n) is 5.99. The van der Waals surface area contributed by atoms with Crippen molar-refractivity contribution in [3.8, 4) is 0 Å². The summed E-state index contributed by atoms with van der Waals surface area (Å²) in [4.78, 5) is 29.9. The zero-order valence-electron chi connectivity index (χ0n) is 18.3. The van der Waals surface area contributed by atoms with E-state index >= 15 is 0 Å². The number of primary amides is 1. The highest BCUT2D eigenvalue weighted by atomic mass is 35.5. The second-order valence-corrected chi connectivity index (χ2v) is 8.47. The molecule has 1 unspecified atom stereocenters. The number of nitrogens with one attached hydrogen (secondary N) is 1. The second-order valence-electron chi connectivity index (χ2n) is 8.04. The van der Waals surface area contributed by atoms with Crippen LogP contribution >= 0.6 is 11.6 Å². The molecule has 6 nitrogen and oxygen atoms in total. The Balaban J connectivity index is 1.52. The van der Waals surface area contributed by atoms with Crippen LogP contribution in [0.1, 0.15) is 20.7 Å². The van der Waals surface area contributed by atoms with Gasteiger partial charge < -0.3 is 16.0 Å². The first kappa shape index (κ1) is 22.8. The molecule has 1 aliphatic heterocycles. The fourth-order valence-electron chi connectivity index (χ4n) is 4.18. The van der Waals surface area contributed by atoms with E-state index in [1.54, 1.807) is 42.5 Å². The monoisotopic (exact) mass is 462 g/mol. The van der Waals surface area contributed by atoms with E-state index in [9.17, 15) is 9.59 Å². The predicted octanol–water partition coefficient (Wildman–Crippen LogP) is 3.92. The third kappa shape index (κ3) is 5.53. The molecule has 4 rings (SSSR count). The average Bonchev–Trinajstić information content (AvgIpc) is 2.85. The molecular formula is C26H27ClN4O2. The van der Waals surface area contributed by atoms with E-state index < -0.39 is 11.9 Å². The minimum absolute atomic E-state index is 0.0175. The zero-order chi connectivity index (χ0) is 23.2. The molecule has 1 saturated heterocycles. The zero-order valence-corrected chi connectivity index (χ0v) is 19.0. The minimum atomic E-state index is -0.504. The molecule has 0 radical (unpaired) electrons. The first-order valence-electron chi connectivity index (χ1n) is 11.0. The number of halogens is 1. The fourth-order valence-corrected chi connectivity index (χ4v) is 4.31. The van der Waals surface area contributed by atoms with Gasteiger partial charge in [-0.3, -0.25) is 14.5 Å². The Morgan fingerprint density at radius 3 is 2.18 bits per heavy atom. The van der Waals surface area contributed by atoms with Crippen LogP contribution in [-0.2, 0) is 0 Å². The van der Waals surface area contributed by atoms with Gasteiger partial charge in [0.05, 0.1) is 11.6 Å². The van der Waals surface area contributed by atoms with E-state index in [0.717, 1.165) is 26.2 Å². The van der Waals surface area contributed by atoms with Gasteiger partial charge in [-0.1, -0.05) is 41.9 Å². The molecule has 3 aromatic carbocycles. The van der Waals surface area contributed by atoms with Crippen molar-refractivity contribution in [1.29, 1.82) is 0 Å². The van der Waals surface area contributed by atoms with Crippen molar-refractivity contribution in [2.75, 3.05) is 42.9 Å². The summed E-state index contributed by atoms with van der Waals surface area (Å²) in [5.41, 5.74) is 8.36.